The van der Waals surface area contributed by atoms with E-state index in [1.54, 1.807) is 42.0 Å². The minimum Gasteiger partial charge on any atom is -0.340 e. The van der Waals surface area contributed by atoms with Gasteiger partial charge in [0.1, 0.15) is 12.1 Å². The molecule has 3 heterocycles. The van der Waals surface area contributed by atoms with Crippen LogP contribution in [0.5, 0.6) is 0 Å². The Bertz CT molecular complexity index is 1340. The van der Waals surface area contributed by atoms with Crippen molar-refractivity contribution in [3.63, 3.8) is 0 Å². The van der Waals surface area contributed by atoms with Crippen molar-refractivity contribution in [2.45, 2.75) is 11.8 Å². The van der Waals surface area contributed by atoms with E-state index in [9.17, 15) is 8.42 Å². The number of hydrogen-bond donors (Lipinski definition) is 1. The molecule has 0 atom stereocenters. The van der Waals surface area contributed by atoms with Crippen LogP contribution in [-0.4, -0.2) is 23.4 Å². The topological polar surface area (TPSA) is 84.8 Å². The summed E-state index contributed by atoms with van der Waals surface area (Å²) in [6.45, 7) is 1.61. The second kappa shape index (κ2) is 5.33. The van der Waals surface area contributed by atoms with Gasteiger partial charge in [0.05, 0.1) is 26.1 Å². The van der Waals surface area contributed by atoms with E-state index in [4.69, 9.17) is 0 Å². The van der Waals surface area contributed by atoms with Gasteiger partial charge in [0.25, 0.3) is 0 Å². The van der Waals surface area contributed by atoms with Crippen LogP contribution in [0, 0.1) is 0 Å². The molecule has 1 aliphatic rings. The molecule has 0 fully saturated rings. The molecule has 1 N–H and O–H groups in total. The number of hydrogen-bond acceptors (Lipinski definition) is 7. The molecule has 6 nitrogen and oxygen atoms in total. The lowest BCUT2D eigenvalue weighted by molar-refractivity contribution is 0.603. The van der Waals surface area contributed by atoms with E-state index >= 15 is 0 Å². The third-order valence-electron chi connectivity index (χ3n) is 4.43. The summed E-state index contributed by atoms with van der Waals surface area (Å²) in [6.07, 6.45) is 3.15. The number of rotatable bonds is 2. The van der Waals surface area contributed by atoms with E-state index in [1.165, 1.54) is 6.33 Å². The van der Waals surface area contributed by atoms with Crippen LogP contribution in [0.4, 0.5) is 11.5 Å². The van der Waals surface area contributed by atoms with Gasteiger partial charge in [0.15, 0.2) is 0 Å². The van der Waals surface area contributed by atoms with E-state index in [1.807, 2.05) is 18.2 Å². The van der Waals surface area contributed by atoms with Crippen LogP contribution >= 0.6 is 11.3 Å². The Hall–Kier alpha value is -2.84. The van der Waals surface area contributed by atoms with E-state index in [-0.39, 0.29) is 0 Å². The fourth-order valence-corrected chi connectivity index (χ4v) is 5.08. The van der Waals surface area contributed by atoms with Crippen LogP contribution < -0.4 is 5.32 Å². The Morgan fingerprint density at radius 2 is 1.92 bits per heavy atom. The van der Waals surface area contributed by atoms with Crippen LogP contribution in [0.2, 0.25) is 0 Å². The smallest absolute Gasteiger partial charge is 0.203 e. The SMILES string of the molecule is CC1=Cc2cc3ncnc(Nc4ccc5scnc5c4)c3cc2S1(=O)=O. The van der Waals surface area contributed by atoms with Crippen molar-refractivity contribution < 1.29 is 8.42 Å². The molecule has 0 unspecified atom stereocenters. The van der Waals surface area contributed by atoms with Crippen LogP contribution in [-0.2, 0) is 9.84 Å². The van der Waals surface area contributed by atoms with Gasteiger partial charge in [-0.15, -0.1) is 11.3 Å². The average Bonchev–Trinajstić information content (AvgIpc) is 3.16. The molecule has 0 bridgehead atoms. The fraction of sp³-hybridized carbons (Fsp3) is 0.0556. The van der Waals surface area contributed by atoms with Crippen LogP contribution in [0.15, 0.2) is 52.0 Å². The molecule has 0 saturated carbocycles. The molecule has 0 amide bonds. The van der Waals surface area contributed by atoms with Crippen molar-refractivity contribution in [1.29, 1.82) is 0 Å². The third kappa shape index (κ3) is 2.23. The molecule has 2 aromatic heterocycles. The molecule has 0 saturated heterocycles. The number of sulfone groups is 1. The van der Waals surface area contributed by atoms with Crippen molar-refractivity contribution in [3.8, 4) is 0 Å². The Morgan fingerprint density at radius 1 is 1.04 bits per heavy atom. The summed E-state index contributed by atoms with van der Waals surface area (Å²) in [6, 6.07) is 9.32. The molecule has 2 aromatic carbocycles. The highest BCUT2D eigenvalue weighted by Gasteiger charge is 2.27. The summed E-state index contributed by atoms with van der Waals surface area (Å²) >= 11 is 1.58. The first-order valence-electron chi connectivity index (χ1n) is 7.85. The minimum atomic E-state index is -3.42. The minimum absolute atomic E-state index is 0.301. The first-order chi connectivity index (χ1) is 12.5. The van der Waals surface area contributed by atoms with Gasteiger partial charge in [0.2, 0.25) is 9.84 Å². The normalized spacial score (nSPS) is 15.2. The number of allylic oxidation sites excluding steroid dienone is 1. The first kappa shape index (κ1) is 15.4. The van der Waals surface area contributed by atoms with Gasteiger partial charge in [-0.3, -0.25) is 0 Å². The van der Waals surface area contributed by atoms with Crippen molar-refractivity contribution >= 4 is 59.9 Å². The van der Waals surface area contributed by atoms with Crippen LogP contribution in [0.1, 0.15) is 12.5 Å². The van der Waals surface area contributed by atoms with Gasteiger partial charge in [-0.2, -0.15) is 0 Å². The lowest BCUT2D eigenvalue weighted by Crippen LogP contribution is -2.00. The highest BCUT2D eigenvalue weighted by molar-refractivity contribution is 7.95. The van der Waals surface area contributed by atoms with Crippen LogP contribution in [0.25, 0.3) is 27.2 Å². The summed E-state index contributed by atoms with van der Waals surface area (Å²) in [5.74, 6) is 0.562. The molecule has 0 aliphatic carbocycles. The Morgan fingerprint density at radius 3 is 2.81 bits per heavy atom. The van der Waals surface area contributed by atoms with Crippen LogP contribution in [0.3, 0.4) is 0 Å². The Labute approximate surface area is 153 Å². The molecule has 1 aliphatic heterocycles. The van der Waals surface area contributed by atoms with E-state index in [0.29, 0.717) is 32.1 Å². The van der Waals surface area contributed by atoms with E-state index < -0.39 is 9.84 Å². The fourth-order valence-electron chi connectivity index (χ4n) is 3.09. The Balaban J connectivity index is 1.66. The maximum Gasteiger partial charge on any atom is 0.203 e. The maximum atomic E-state index is 12.5. The van der Waals surface area contributed by atoms with Gasteiger partial charge in [-0.05, 0) is 48.9 Å². The largest absolute Gasteiger partial charge is 0.340 e. The van der Waals surface area contributed by atoms with Gasteiger partial charge in [-0.25, -0.2) is 23.4 Å². The molecule has 5 rings (SSSR count). The zero-order valence-electron chi connectivity index (χ0n) is 13.6. The predicted molar refractivity (Wildman–Crippen MR) is 103 cm³/mol. The lowest BCUT2D eigenvalue weighted by Gasteiger charge is -2.10. The van der Waals surface area contributed by atoms with Crippen molar-refractivity contribution in [3.05, 3.63) is 52.6 Å². The van der Waals surface area contributed by atoms with Gasteiger partial charge in [0, 0.05) is 16.0 Å². The summed E-state index contributed by atoms with van der Waals surface area (Å²) in [7, 11) is -3.42. The number of nitrogens with one attached hydrogen (secondary N) is 1. The van der Waals surface area contributed by atoms with Gasteiger partial charge >= 0.3 is 0 Å². The number of anilines is 2. The second-order valence-corrected chi connectivity index (χ2v) is 9.02. The van der Waals surface area contributed by atoms with E-state index in [0.717, 1.165) is 15.9 Å². The third-order valence-corrected chi connectivity index (χ3v) is 7.14. The van der Waals surface area contributed by atoms with Crippen molar-refractivity contribution in [2.24, 2.45) is 0 Å². The maximum absolute atomic E-state index is 12.5. The molecular weight excluding hydrogens is 368 g/mol. The zero-order valence-corrected chi connectivity index (χ0v) is 15.2. The highest BCUT2D eigenvalue weighted by atomic mass is 32.2. The van der Waals surface area contributed by atoms with E-state index in [2.05, 4.69) is 20.3 Å². The number of benzene rings is 2. The number of fused-ring (bicyclic) bond motifs is 3. The number of aromatic nitrogens is 3. The molecule has 4 aromatic rings. The number of thiazole rings is 1. The molecule has 0 radical (unpaired) electrons. The summed E-state index contributed by atoms with van der Waals surface area (Å²) in [5, 5.41) is 3.92. The lowest BCUT2D eigenvalue weighted by atomic mass is 10.1. The van der Waals surface area contributed by atoms with Crippen molar-refractivity contribution in [1.82, 2.24) is 15.0 Å². The second-order valence-electron chi connectivity index (χ2n) is 6.05. The van der Waals surface area contributed by atoms with Gasteiger partial charge in [-0.1, -0.05) is 0 Å². The summed E-state index contributed by atoms with van der Waals surface area (Å²) in [5.41, 5.74) is 4.90. The summed E-state index contributed by atoms with van der Waals surface area (Å²) in [4.78, 5) is 13.6. The molecule has 0 spiro atoms. The number of nitrogens with zero attached hydrogens (tertiary/aromatic N) is 3. The quantitative estimate of drug-likeness (QED) is 0.563. The zero-order chi connectivity index (χ0) is 17.9. The van der Waals surface area contributed by atoms with Gasteiger partial charge < -0.3 is 5.32 Å². The average molecular weight is 380 g/mol. The molecule has 8 heteroatoms. The first-order valence-corrected chi connectivity index (χ1v) is 10.2. The van der Waals surface area contributed by atoms with Crippen molar-refractivity contribution in [2.75, 3.05) is 5.32 Å². The summed E-state index contributed by atoms with van der Waals surface area (Å²) < 4.78 is 26.1. The standard InChI is InChI=1S/C18H12N4O2S2/c1-10-4-11-5-14-13(7-17(11)26(10,23)24)18(20-8-19-14)22-12-2-3-16-15(6-12)21-9-25-16/h2-9H,1H3,(H,19,20,22). The Kier molecular flexibility index (Phi) is 3.16. The predicted octanol–water partition coefficient (Wildman–Crippen LogP) is 4.13. The molecule has 128 valence electrons. The molecular formula is C18H12N4O2S2. The molecule has 26 heavy (non-hydrogen) atoms. The monoisotopic (exact) mass is 380 g/mol. The highest BCUT2D eigenvalue weighted by Crippen LogP contribution is 2.36.